The molecule has 0 heterocycles. The summed E-state index contributed by atoms with van der Waals surface area (Å²) in [6, 6.07) is 0. The number of ether oxygens (including phenoxy) is 1. The van der Waals surface area contributed by atoms with Gasteiger partial charge in [-0.15, -0.1) is 0 Å². The van der Waals surface area contributed by atoms with Crippen molar-refractivity contribution in [3.8, 4) is 0 Å². The molecule has 0 aromatic carbocycles. The summed E-state index contributed by atoms with van der Waals surface area (Å²) < 4.78 is 5.96. The predicted molar refractivity (Wildman–Crippen MR) is 181 cm³/mol. The fourth-order valence-electron chi connectivity index (χ4n) is 5.40. The highest BCUT2D eigenvalue weighted by molar-refractivity contribution is 5.69. The van der Waals surface area contributed by atoms with E-state index in [1.54, 1.807) is 0 Å². The fraction of sp³-hybridized carbons (Fsp3) is 0.842. The molecule has 1 N–H and O–H groups in total. The van der Waals surface area contributed by atoms with E-state index in [9.17, 15) is 9.59 Å². The van der Waals surface area contributed by atoms with Gasteiger partial charge >= 0.3 is 11.9 Å². The van der Waals surface area contributed by atoms with E-state index in [0.29, 0.717) is 6.42 Å². The van der Waals surface area contributed by atoms with Crippen molar-refractivity contribution in [2.75, 3.05) is 0 Å². The van der Waals surface area contributed by atoms with Gasteiger partial charge in [-0.25, -0.2) is 0 Å². The zero-order chi connectivity index (χ0) is 30.8. The Morgan fingerprint density at radius 3 is 1.45 bits per heavy atom. The summed E-state index contributed by atoms with van der Waals surface area (Å²) in [6.45, 7) is 4.51. The van der Waals surface area contributed by atoms with E-state index in [2.05, 4.69) is 38.2 Å². The van der Waals surface area contributed by atoms with Crippen LogP contribution in [0.4, 0.5) is 0 Å². The number of rotatable bonds is 33. The van der Waals surface area contributed by atoms with Gasteiger partial charge in [-0.2, -0.15) is 0 Å². The van der Waals surface area contributed by atoms with E-state index in [0.717, 1.165) is 70.6 Å². The highest BCUT2D eigenvalue weighted by atomic mass is 16.5. The van der Waals surface area contributed by atoms with Gasteiger partial charge in [0.05, 0.1) is 0 Å². The standard InChI is InChI=1S/C38H70O4/c1-3-5-7-9-11-13-15-16-18-19-21-24-28-32-36(33-29-25-23-26-30-34-37(39)40)42-38(41)35-31-27-22-20-17-14-12-10-8-6-4-2/h10,12,19,21,36H,3-9,11,13-18,20,22-35H2,1-2H3,(H,39,40)/b12-10-,21-19-. The molecule has 1 unspecified atom stereocenters. The summed E-state index contributed by atoms with van der Waals surface area (Å²) in [7, 11) is 0. The average Bonchev–Trinajstić information content (AvgIpc) is 2.97. The van der Waals surface area contributed by atoms with Gasteiger partial charge in [0.2, 0.25) is 0 Å². The van der Waals surface area contributed by atoms with Crippen LogP contribution in [0, 0.1) is 0 Å². The number of unbranched alkanes of at least 4 members (excludes halogenated alkanes) is 20. The van der Waals surface area contributed by atoms with E-state index < -0.39 is 5.97 Å². The molecule has 0 aliphatic heterocycles. The Morgan fingerprint density at radius 2 is 0.905 bits per heavy atom. The van der Waals surface area contributed by atoms with Crippen molar-refractivity contribution in [2.45, 2.75) is 206 Å². The maximum atomic E-state index is 12.6. The normalized spacial score (nSPS) is 12.4. The summed E-state index contributed by atoms with van der Waals surface area (Å²) in [5.41, 5.74) is 0. The summed E-state index contributed by atoms with van der Waals surface area (Å²) >= 11 is 0. The van der Waals surface area contributed by atoms with E-state index >= 15 is 0 Å². The SMILES string of the molecule is CCCC/C=C\CCCCCCCC(=O)OC(CCC/C=C\CCCCCCCCCC)CCCCCCCC(=O)O. The lowest BCUT2D eigenvalue weighted by Crippen LogP contribution is -2.18. The number of carbonyl (C=O) groups excluding carboxylic acids is 1. The molecular weight excluding hydrogens is 520 g/mol. The zero-order valence-electron chi connectivity index (χ0n) is 28.1. The van der Waals surface area contributed by atoms with Crippen LogP contribution in [0.15, 0.2) is 24.3 Å². The largest absolute Gasteiger partial charge is 0.481 e. The van der Waals surface area contributed by atoms with Crippen LogP contribution in [-0.2, 0) is 14.3 Å². The van der Waals surface area contributed by atoms with Gasteiger partial charge in [-0.05, 0) is 77.0 Å². The van der Waals surface area contributed by atoms with Crippen LogP contribution < -0.4 is 0 Å². The van der Waals surface area contributed by atoms with Gasteiger partial charge < -0.3 is 9.84 Å². The molecule has 42 heavy (non-hydrogen) atoms. The smallest absolute Gasteiger partial charge is 0.306 e. The first kappa shape index (κ1) is 40.4. The Hall–Kier alpha value is -1.58. The molecule has 1 atom stereocenters. The molecule has 4 heteroatoms. The minimum absolute atomic E-state index is 0.0226. The van der Waals surface area contributed by atoms with E-state index in [1.165, 1.54) is 103 Å². The van der Waals surface area contributed by atoms with Crippen molar-refractivity contribution in [2.24, 2.45) is 0 Å². The van der Waals surface area contributed by atoms with Gasteiger partial charge in [0.25, 0.3) is 0 Å². The number of esters is 1. The monoisotopic (exact) mass is 591 g/mol. The molecule has 0 aliphatic rings. The predicted octanol–water partition coefficient (Wildman–Crippen LogP) is 12.4. The Labute approximate surface area is 261 Å². The molecule has 0 bridgehead atoms. The number of hydrogen-bond donors (Lipinski definition) is 1. The van der Waals surface area contributed by atoms with Crippen molar-refractivity contribution >= 4 is 11.9 Å². The summed E-state index contributed by atoms with van der Waals surface area (Å²) in [6.07, 6.45) is 41.9. The molecule has 0 saturated carbocycles. The van der Waals surface area contributed by atoms with Gasteiger partial charge in [-0.3, -0.25) is 9.59 Å². The molecule has 0 rings (SSSR count). The van der Waals surface area contributed by atoms with Crippen LogP contribution in [0.5, 0.6) is 0 Å². The number of carbonyl (C=O) groups is 2. The lowest BCUT2D eigenvalue weighted by atomic mass is 10.0. The molecule has 0 aromatic rings. The second kappa shape index (κ2) is 33.9. The topological polar surface area (TPSA) is 63.6 Å². The summed E-state index contributed by atoms with van der Waals surface area (Å²) in [4.78, 5) is 23.3. The first-order chi connectivity index (χ1) is 20.6. The Morgan fingerprint density at radius 1 is 0.500 bits per heavy atom. The number of allylic oxidation sites excluding steroid dienone is 4. The average molecular weight is 591 g/mol. The third kappa shape index (κ3) is 32.9. The molecule has 0 aromatic heterocycles. The molecule has 246 valence electrons. The Kier molecular flexibility index (Phi) is 32.6. The molecule has 0 fully saturated rings. The second-order valence-electron chi connectivity index (χ2n) is 12.4. The van der Waals surface area contributed by atoms with Crippen LogP contribution in [0.25, 0.3) is 0 Å². The first-order valence-electron chi connectivity index (χ1n) is 18.3. The number of hydrogen-bond acceptors (Lipinski definition) is 3. The third-order valence-electron chi connectivity index (χ3n) is 8.15. The lowest BCUT2D eigenvalue weighted by Gasteiger charge is -2.18. The maximum Gasteiger partial charge on any atom is 0.306 e. The minimum atomic E-state index is -0.705. The van der Waals surface area contributed by atoms with Crippen molar-refractivity contribution in [1.29, 1.82) is 0 Å². The van der Waals surface area contributed by atoms with E-state index in [1.807, 2.05) is 0 Å². The van der Waals surface area contributed by atoms with Crippen molar-refractivity contribution in [3.05, 3.63) is 24.3 Å². The van der Waals surface area contributed by atoms with Crippen LogP contribution in [0.2, 0.25) is 0 Å². The molecule has 0 spiro atoms. The van der Waals surface area contributed by atoms with Crippen molar-refractivity contribution < 1.29 is 19.4 Å². The maximum absolute atomic E-state index is 12.6. The van der Waals surface area contributed by atoms with Crippen LogP contribution >= 0.6 is 0 Å². The van der Waals surface area contributed by atoms with Gasteiger partial charge in [-0.1, -0.05) is 134 Å². The summed E-state index contributed by atoms with van der Waals surface area (Å²) in [5.74, 6) is -0.727. The van der Waals surface area contributed by atoms with Crippen molar-refractivity contribution in [3.63, 3.8) is 0 Å². The highest BCUT2D eigenvalue weighted by Gasteiger charge is 2.14. The lowest BCUT2D eigenvalue weighted by molar-refractivity contribution is -0.150. The quantitative estimate of drug-likeness (QED) is 0.0469. The third-order valence-corrected chi connectivity index (χ3v) is 8.15. The molecule has 0 saturated heterocycles. The van der Waals surface area contributed by atoms with Crippen LogP contribution in [-0.4, -0.2) is 23.1 Å². The van der Waals surface area contributed by atoms with Gasteiger partial charge in [0.15, 0.2) is 0 Å². The molecule has 4 nitrogen and oxygen atoms in total. The Balaban J connectivity index is 4.12. The van der Waals surface area contributed by atoms with Crippen LogP contribution in [0.1, 0.15) is 200 Å². The molecule has 0 aliphatic carbocycles. The molecular formula is C38H70O4. The van der Waals surface area contributed by atoms with Gasteiger partial charge in [0, 0.05) is 12.8 Å². The molecule has 0 amide bonds. The minimum Gasteiger partial charge on any atom is -0.481 e. The summed E-state index contributed by atoms with van der Waals surface area (Å²) in [5, 5.41) is 8.79. The number of aliphatic carboxylic acids is 1. The second-order valence-corrected chi connectivity index (χ2v) is 12.4. The number of carboxylic acids is 1. The first-order valence-corrected chi connectivity index (χ1v) is 18.3. The van der Waals surface area contributed by atoms with Gasteiger partial charge in [0.1, 0.15) is 6.10 Å². The van der Waals surface area contributed by atoms with E-state index in [4.69, 9.17) is 9.84 Å². The van der Waals surface area contributed by atoms with E-state index in [-0.39, 0.29) is 18.5 Å². The number of carboxylic acid groups (broad SMARTS) is 1. The fourth-order valence-corrected chi connectivity index (χ4v) is 5.40. The zero-order valence-corrected chi connectivity index (χ0v) is 28.1. The Bertz CT molecular complexity index is 639. The van der Waals surface area contributed by atoms with Crippen molar-refractivity contribution in [1.82, 2.24) is 0 Å². The molecule has 0 radical (unpaired) electrons. The highest BCUT2D eigenvalue weighted by Crippen LogP contribution is 2.18. The van der Waals surface area contributed by atoms with Crippen LogP contribution in [0.3, 0.4) is 0 Å².